The molecule has 0 aliphatic rings. The Morgan fingerprint density at radius 3 is 1.80 bits per heavy atom. The topological polar surface area (TPSA) is 29.1 Å². The molecule has 0 saturated carbocycles. The van der Waals surface area contributed by atoms with Gasteiger partial charge in [0.05, 0.1) is 0 Å². The average Bonchev–Trinajstić information content (AvgIpc) is 2.68. The second-order valence-electron chi connectivity index (χ2n) is 5.83. The number of carbonyl (C=O) groups excluding carboxylic acids is 1. The predicted octanol–water partition coefficient (Wildman–Crippen LogP) is 5.32. The number of aryl methyl sites for hydroxylation is 1. The van der Waals surface area contributed by atoms with E-state index in [-0.39, 0.29) is 5.91 Å². The highest BCUT2D eigenvalue weighted by Gasteiger charge is 2.08. The number of anilines is 1. The molecule has 0 bridgehead atoms. The van der Waals surface area contributed by atoms with Crippen LogP contribution in [-0.4, -0.2) is 5.91 Å². The van der Waals surface area contributed by atoms with Crippen molar-refractivity contribution in [2.75, 3.05) is 5.32 Å². The lowest BCUT2D eigenvalue weighted by molar-refractivity contribution is -0.111. The third-order valence-electron chi connectivity index (χ3n) is 4.07. The van der Waals surface area contributed by atoms with Crippen LogP contribution in [0.1, 0.15) is 23.6 Å². The van der Waals surface area contributed by atoms with E-state index in [2.05, 4.69) is 12.2 Å². The van der Waals surface area contributed by atoms with Crippen molar-refractivity contribution in [1.29, 1.82) is 0 Å². The Labute approximate surface area is 148 Å². The van der Waals surface area contributed by atoms with Crippen LogP contribution in [0.2, 0.25) is 0 Å². The molecule has 0 aromatic heterocycles. The largest absolute Gasteiger partial charge is 0.322 e. The molecule has 0 aliphatic heterocycles. The van der Waals surface area contributed by atoms with Gasteiger partial charge in [-0.15, -0.1) is 0 Å². The van der Waals surface area contributed by atoms with Gasteiger partial charge in [-0.25, -0.2) is 0 Å². The van der Waals surface area contributed by atoms with Gasteiger partial charge in [0.25, 0.3) is 0 Å². The quantitative estimate of drug-likeness (QED) is 0.631. The second-order valence-corrected chi connectivity index (χ2v) is 5.83. The Morgan fingerprint density at radius 2 is 1.32 bits per heavy atom. The van der Waals surface area contributed by atoms with Crippen molar-refractivity contribution < 1.29 is 4.79 Å². The molecule has 124 valence electrons. The minimum atomic E-state index is -0.132. The number of carbonyl (C=O) groups is 1. The molecule has 0 heterocycles. The minimum Gasteiger partial charge on any atom is -0.322 e. The molecule has 2 heteroatoms. The van der Waals surface area contributed by atoms with Crippen molar-refractivity contribution in [3.8, 4) is 0 Å². The van der Waals surface area contributed by atoms with Crippen LogP contribution in [0.3, 0.4) is 0 Å². The van der Waals surface area contributed by atoms with E-state index in [0.29, 0.717) is 0 Å². The lowest BCUT2D eigenvalue weighted by Crippen LogP contribution is -2.09. The molecule has 3 aromatic rings. The molecule has 0 fully saturated rings. The van der Waals surface area contributed by atoms with Crippen molar-refractivity contribution >= 4 is 17.2 Å². The Morgan fingerprint density at radius 1 is 0.800 bits per heavy atom. The summed E-state index contributed by atoms with van der Waals surface area (Å²) in [4.78, 5) is 12.5. The van der Waals surface area contributed by atoms with Crippen molar-refractivity contribution in [2.45, 2.75) is 13.3 Å². The van der Waals surface area contributed by atoms with Crippen LogP contribution < -0.4 is 5.32 Å². The van der Waals surface area contributed by atoms with E-state index in [1.54, 1.807) is 6.08 Å². The van der Waals surface area contributed by atoms with Crippen LogP contribution in [-0.2, 0) is 11.2 Å². The van der Waals surface area contributed by atoms with Crippen LogP contribution in [0.25, 0.3) is 5.57 Å². The molecule has 2 nitrogen and oxygen atoms in total. The molecule has 0 unspecified atom stereocenters. The third-order valence-corrected chi connectivity index (χ3v) is 4.07. The van der Waals surface area contributed by atoms with Gasteiger partial charge in [-0.3, -0.25) is 4.79 Å². The smallest absolute Gasteiger partial charge is 0.249 e. The van der Waals surface area contributed by atoms with Crippen LogP contribution in [0.5, 0.6) is 0 Å². The molecule has 3 rings (SSSR count). The van der Waals surface area contributed by atoms with Gasteiger partial charge in [-0.1, -0.05) is 79.7 Å². The van der Waals surface area contributed by atoms with Crippen LogP contribution in [0.15, 0.2) is 91.0 Å². The van der Waals surface area contributed by atoms with Crippen LogP contribution in [0, 0.1) is 0 Å². The van der Waals surface area contributed by atoms with Crippen molar-refractivity contribution in [3.63, 3.8) is 0 Å². The second kappa shape index (κ2) is 8.11. The molecule has 0 radical (unpaired) electrons. The summed E-state index contributed by atoms with van der Waals surface area (Å²) < 4.78 is 0. The summed E-state index contributed by atoms with van der Waals surface area (Å²) in [5, 5.41) is 2.95. The van der Waals surface area contributed by atoms with Gasteiger partial charge >= 0.3 is 0 Å². The zero-order valence-corrected chi connectivity index (χ0v) is 14.3. The zero-order valence-electron chi connectivity index (χ0n) is 14.3. The summed E-state index contributed by atoms with van der Waals surface area (Å²) in [7, 11) is 0. The number of hydrogen-bond donors (Lipinski definition) is 1. The first-order valence-electron chi connectivity index (χ1n) is 8.48. The highest BCUT2D eigenvalue weighted by molar-refractivity contribution is 6.06. The number of amides is 1. The van der Waals surface area contributed by atoms with E-state index < -0.39 is 0 Å². The van der Waals surface area contributed by atoms with Gasteiger partial charge in [-0.2, -0.15) is 0 Å². The Balaban J connectivity index is 1.88. The maximum atomic E-state index is 12.5. The number of nitrogens with one attached hydrogen (secondary N) is 1. The fraction of sp³-hybridized carbons (Fsp3) is 0.0870. The third kappa shape index (κ3) is 4.45. The monoisotopic (exact) mass is 327 g/mol. The molecular weight excluding hydrogens is 306 g/mol. The Kier molecular flexibility index (Phi) is 5.43. The highest BCUT2D eigenvalue weighted by atomic mass is 16.1. The molecule has 1 amide bonds. The van der Waals surface area contributed by atoms with Gasteiger partial charge in [0.15, 0.2) is 0 Å². The molecular formula is C23H21NO. The highest BCUT2D eigenvalue weighted by Crippen LogP contribution is 2.23. The Bertz CT molecular complexity index is 808. The SMILES string of the molecule is CCc1ccc(NC(=O)C=C(c2ccccc2)c2ccccc2)cc1. The molecule has 1 N–H and O–H groups in total. The van der Waals surface area contributed by atoms with Gasteiger partial charge in [0.1, 0.15) is 0 Å². The first kappa shape index (κ1) is 16.7. The van der Waals surface area contributed by atoms with Gasteiger partial charge < -0.3 is 5.32 Å². The lowest BCUT2D eigenvalue weighted by atomic mass is 9.97. The summed E-state index contributed by atoms with van der Waals surface area (Å²) in [6, 6.07) is 27.9. The van der Waals surface area contributed by atoms with E-state index >= 15 is 0 Å². The maximum absolute atomic E-state index is 12.5. The first-order chi connectivity index (χ1) is 12.3. The predicted molar refractivity (Wildman–Crippen MR) is 104 cm³/mol. The maximum Gasteiger partial charge on any atom is 0.249 e. The number of rotatable bonds is 5. The molecule has 25 heavy (non-hydrogen) atoms. The summed E-state index contributed by atoms with van der Waals surface area (Å²) in [6.07, 6.45) is 2.65. The van der Waals surface area contributed by atoms with E-state index in [0.717, 1.165) is 28.8 Å². The van der Waals surface area contributed by atoms with E-state index in [1.165, 1.54) is 5.56 Å². The molecule has 3 aromatic carbocycles. The zero-order chi connectivity index (χ0) is 17.5. The van der Waals surface area contributed by atoms with Gasteiger partial charge in [0.2, 0.25) is 5.91 Å². The van der Waals surface area contributed by atoms with Gasteiger partial charge in [-0.05, 0) is 40.8 Å². The van der Waals surface area contributed by atoms with E-state index in [4.69, 9.17) is 0 Å². The van der Waals surface area contributed by atoms with E-state index in [9.17, 15) is 4.79 Å². The summed E-state index contributed by atoms with van der Waals surface area (Å²) in [5.41, 5.74) is 5.00. The Hall–Kier alpha value is -3.13. The van der Waals surface area contributed by atoms with Crippen LogP contribution >= 0.6 is 0 Å². The minimum absolute atomic E-state index is 0.132. The molecule has 0 spiro atoms. The number of hydrogen-bond acceptors (Lipinski definition) is 1. The fourth-order valence-corrected chi connectivity index (χ4v) is 2.70. The lowest BCUT2D eigenvalue weighted by Gasteiger charge is -2.09. The summed E-state index contributed by atoms with van der Waals surface area (Å²) in [5.74, 6) is -0.132. The van der Waals surface area contributed by atoms with Crippen LogP contribution in [0.4, 0.5) is 5.69 Å². The molecule has 0 saturated heterocycles. The average molecular weight is 327 g/mol. The molecule has 0 atom stereocenters. The van der Waals surface area contributed by atoms with Gasteiger partial charge in [0, 0.05) is 11.8 Å². The fourth-order valence-electron chi connectivity index (χ4n) is 2.70. The number of benzene rings is 3. The van der Waals surface area contributed by atoms with Crippen molar-refractivity contribution in [3.05, 3.63) is 108 Å². The normalized spacial score (nSPS) is 10.1. The summed E-state index contributed by atoms with van der Waals surface area (Å²) >= 11 is 0. The summed E-state index contributed by atoms with van der Waals surface area (Å²) in [6.45, 7) is 2.11. The molecule has 0 aliphatic carbocycles. The van der Waals surface area contributed by atoms with Crippen molar-refractivity contribution in [1.82, 2.24) is 0 Å². The standard InChI is InChI=1S/C23H21NO/c1-2-18-13-15-21(16-14-18)24-23(25)17-22(19-9-5-3-6-10-19)20-11-7-4-8-12-20/h3-17H,2H2,1H3,(H,24,25). The first-order valence-corrected chi connectivity index (χ1v) is 8.48. The van der Waals surface area contributed by atoms with E-state index in [1.807, 2.05) is 84.9 Å². The van der Waals surface area contributed by atoms with Crippen molar-refractivity contribution in [2.24, 2.45) is 0 Å².